The first kappa shape index (κ1) is 17.4. The lowest BCUT2D eigenvalue weighted by molar-refractivity contribution is 0.155. The SMILES string of the molecule is CCNC(=NCCOCC)NCCc1nc(C(C)C)no1. The first-order chi connectivity index (χ1) is 10.2. The maximum Gasteiger partial charge on any atom is 0.228 e. The molecule has 7 nitrogen and oxygen atoms in total. The van der Waals surface area contributed by atoms with Crippen LogP contribution in [0.3, 0.4) is 0 Å². The van der Waals surface area contributed by atoms with E-state index in [1.807, 2.05) is 27.7 Å². The molecule has 1 aromatic heterocycles. The zero-order chi connectivity index (χ0) is 15.5. The van der Waals surface area contributed by atoms with Crippen LogP contribution < -0.4 is 10.6 Å². The maximum atomic E-state index is 5.27. The summed E-state index contributed by atoms with van der Waals surface area (Å²) in [4.78, 5) is 8.76. The van der Waals surface area contributed by atoms with Gasteiger partial charge < -0.3 is 19.9 Å². The fraction of sp³-hybridized carbons (Fsp3) is 0.786. The number of guanidine groups is 1. The molecule has 120 valence electrons. The molecule has 0 bridgehead atoms. The van der Waals surface area contributed by atoms with Gasteiger partial charge in [-0.15, -0.1) is 0 Å². The van der Waals surface area contributed by atoms with Crippen LogP contribution in [0.15, 0.2) is 9.52 Å². The minimum Gasteiger partial charge on any atom is -0.380 e. The van der Waals surface area contributed by atoms with E-state index in [-0.39, 0.29) is 5.92 Å². The van der Waals surface area contributed by atoms with Crippen molar-refractivity contribution in [3.8, 4) is 0 Å². The number of aromatic nitrogens is 2. The van der Waals surface area contributed by atoms with Crippen LogP contribution in [0.2, 0.25) is 0 Å². The molecule has 0 fully saturated rings. The number of hydrogen-bond acceptors (Lipinski definition) is 5. The van der Waals surface area contributed by atoms with E-state index in [1.165, 1.54) is 0 Å². The second kappa shape index (κ2) is 10.1. The molecule has 0 aromatic carbocycles. The largest absolute Gasteiger partial charge is 0.380 e. The molecule has 0 aliphatic heterocycles. The van der Waals surface area contributed by atoms with Crippen molar-refractivity contribution in [3.63, 3.8) is 0 Å². The molecular weight excluding hydrogens is 270 g/mol. The second-order valence-corrected chi connectivity index (χ2v) is 4.84. The van der Waals surface area contributed by atoms with Gasteiger partial charge in [-0.25, -0.2) is 0 Å². The fourth-order valence-corrected chi connectivity index (χ4v) is 1.60. The van der Waals surface area contributed by atoms with E-state index in [4.69, 9.17) is 9.26 Å². The van der Waals surface area contributed by atoms with E-state index in [1.54, 1.807) is 0 Å². The third-order valence-corrected chi connectivity index (χ3v) is 2.69. The predicted octanol–water partition coefficient (Wildman–Crippen LogP) is 1.33. The minimum absolute atomic E-state index is 0.285. The van der Waals surface area contributed by atoms with Gasteiger partial charge in [0.05, 0.1) is 13.2 Å². The molecule has 0 amide bonds. The van der Waals surface area contributed by atoms with Gasteiger partial charge in [-0.05, 0) is 13.8 Å². The molecule has 0 spiro atoms. The molecule has 21 heavy (non-hydrogen) atoms. The van der Waals surface area contributed by atoms with Gasteiger partial charge in [0, 0.05) is 32.0 Å². The molecule has 2 N–H and O–H groups in total. The van der Waals surface area contributed by atoms with Crippen LogP contribution >= 0.6 is 0 Å². The first-order valence-corrected chi connectivity index (χ1v) is 7.59. The Morgan fingerprint density at radius 3 is 2.76 bits per heavy atom. The van der Waals surface area contributed by atoms with Crippen molar-refractivity contribution < 1.29 is 9.26 Å². The Morgan fingerprint density at radius 2 is 2.14 bits per heavy atom. The molecule has 1 aromatic rings. The number of aliphatic imine (C=N–C) groups is 1. The van der Waals surface area contributed by atoms with E-state index in [9.17, 15) is 0 Å². The Balaban J connectivity index is 2.34. The Morgan fingerprint density at radius 1 is 1.33 bits per heavy atom. The van der Waals surface area contributed by atoms with E-state index in [0.717, 1.165) is 24.9 Å². The molecule has 0 atom stereocenters. The zero-order valence-electron chi connectivity index (χ0n) is 13.5. The first-order valence-electron chi connectivity index (χ1n) is 7.59. The lowest BCUT2D eigenvalue weighted by Gasteiger charge is -2.10. The minimum atomic E-state index is 0.285. The van der Waals surface area contributed by atoms with Crippen molar-refractivity contribution in [2.24, 2.45) is 4.99 Å². The summed E-state index contributed by atoms with van der Waals surface area (Å²) in [5, 5.41) is 10.4. The second-order valence-electron chi connectivity index (χ2n) is 4.84. The summed E-state index contributed by atoms with van der Waals surface area (Å²) in [6.45, 7) is 11.6. The van der Waals surface area contributed by atoms with Gasteiger partial charge >= 0.3 is 0 Å². The summed E-state index contributed by atoms with van der Waals surface area (Å²) in [6.07, 6.45) is 0.676. The molecule has 7 heteroatoms. The van der Waals surface area contributed by atoms with Crippen molar-refractivity contribution >= 4 is 5.96 Å². The highest BCUT2D eigenvalue weighted by Gasteiger charge is 2.09. The smallest absolute Gasteiger partial charge is 0.228 e. The standard InChI is InChI=1S/C14H27N5O2/c1-5-15-14(17-9-10-20-6-2)16-8-7-12-18-13(11(3)4)19-21-12/h11H,5-10H2,1-4H3,(H2,15,16,17). The van der Waals surface area contributed by atoms with Gasteiger partial charge in [0.1, 0.15) is 0 Å². The summed E-state index contributed by atoms with van der Waals surface area (Å²) >= 11 is 0. The number of nitrogens with zero attached hydrogens (tertiary/aromatic N) is 3. The van der Waals surface area contributed by atoms with Gasteiger partial charge in [-0.3, -0.25) is 4.99 Å². The molecule has 1 rings (SSSR count). The van der Waals surface area contributed by atoms with Gasteiger partial charge in [-0.2, -0.15) is 4.98 Å². The quantitative estimate of drug-likeness (QED) is 0.406. The van der Waals surface area contributed by atoms with Crippen LogP contribution in [0.4, 0.5) is 0 Å². The topological polar surface area (TPSA) is 84.6 Å². The summed E-state index contributed by atoms with van der Waals surface area (Å²) in [6, 6.07) is 0. The van der Waals surface area contributed by atoms with Crippen molar-refractivity contribution in [2.45, 2.75) is 40.0 Å². The average Bonchev–Trinajstić information content (AvgIpc) is 2.92. The fourth-order valence-electron chi connectivity index (χ4n) is 1.60. The summed E-state index contributed by atoms with van der Waals surface area (Å²) in [7, 11) is 0. The molecule has 0 aliphatic carbocycles. The zero-order valence-corrected chi connectivity index (χ0v) is 13.5. The van der Waals surface area contributed by atoms with Crippen molar-refractivity contribution in [1.82, 2.24) is 20.8 Å². The third-order valence-electron chi connectivity index (χ3n) is 2.69. The lowest BCUT2D eigenvalue weighted by atomic mass is 10.2. The maximum absolute atomic E-state index is 5.27. The van der Waals surface area contributed by atoms with Gasteiger partial charge in [-0.1, -0.05) is 19.0 Å². The van der Waals surface area contributed by atoms with Crippen molar-refractivity contribution in [3.05, 3.63) is 11.7 Å². The van der Waals surface area contributed by atoms with Crippen molar-refractivity contribution in [1.29, 1.82) is 0 Å². The molecule has 0 unspecified atom stereocenters. The average molecular weight is 297 g/mol. The molecule has 1 heterocycles. The van der Waals surface area contributed by atoms with E-state index in [2.05, 4.69) is 25.8 Å². The number of rotatable bonds is 9. The highest BCUT2D eigenvalue weighted by atomic mass is 16.5. The third kappa shape index (κ3) is 7.08. The molecule has 0 saturated heterocycles. The van der Waals surface area contributed by atoms with E-state index < -0.39 is 0 Å². The Kier molecular flexibility index (Phi) is 8.42. The van der Waals surface area contributed by atoms with E-state index in [0.29, 0.717) is 32.0 Å². The number of nitrogens with one attached hydrogen (secondary N) is 2. The van der Waals surface area contributed by atoms with Crippen LogP contribution in [-0.2, 0) is 11.2 Å². The molecule has 0 radical (unpaired) electrons. The summed E-state index contributed by atoms with van der Waals surface area (Å²) < 4.78 is 10.5. The van der Waals surface area contributed by atoms with Gasteiger partial charge in [0.25, 0.3) is 0 Å². The molecular formula is C14H27N5O2. The summed E-state index contributed by atoms with van der Waals surface area (Å²) in [5.74, 6) is 2.47. The normalized spacial score (nSPS) is 12.0. The van der Waals surface area contributed by atoms with Crippen LogP contribution in [-0.4, -0.2) is 48.9 Å². The van der Waals surface area contributed by atoms with Crippen molar-refractivity contribution in [2.75, 3.05) is 32.8 Å². The van der Waals surface area contributed by atoms with Crippen LogP contribution in [0.1, 0.15) is 45.3 Å². The predicted molar refractivity (Wildman–Crippen MR) is 82.6 cm³/mol. The monoisotopic (exact) mass is 297 g/mol. The summed E-state index contributed by atoms with van der Waals surface area (Å²) in [5.41, 5.74) is 0. The lowest BCUT2D eigenvalue weighted by Crippen LogP contribution is -2.38. The van der Waals surface area contributed by atoms with Gasteiger partial charge in [0.15, 0.2) is 11.8 Å². The number of hydrogen-bond donors (Lipinski definition) is 2. The van der Waals surface area contributed by atoms with Crippen LogP contribution in [0.5, 0.6) is 0 Å². The Bertz CT molecular complexity index is 417. The Labute approximate surface area is 126 Å². The highest BCUT2D eigenvalue weighted by molar-refractivity contribution is 5.79. The van der Waals surface area contributed by atoms with Gasteiger partial charge in [0.2, 0.25) is 5.89 Å². The molecule has 0 aliphatic rings. The Hall–Kier alpha value is -1.63. The highest BCUT2D eigenvalue weighted by Crippen LogP contribution is 2.09. The molecule has 0 saturated carbocycles. The van der Waals surface area contributed by atoms with Crippen LogP contribution in [0, 0.1) is 0 Å². The van der Waals surface area contributed by atoms with Crippen LogP contribution in [0.25, 0.3) is 0 Å². The van der Waals surface area contributed by atoms with E-state index >= 15 is 0 Å². The number of ether oxygens (including phenoxy) is 1.